The number of rotatable bonds is 2. The van der Waals surface area contributed by atoms with Gasteiger partial charge in [-0.3, -0.25) is 0 Å². The van der Waals surface area contributed by atoms with E-state index in [1.54, 1.807) is 18.4 Å². The van der Waals surface area contributed by atoms with E-state index in [0.29, 0.717) is 12.2 Å². The number of hydrogen-bond acceptors (Lipinski definition) is 3. The van der Waals surface area contributed by atoms with Crippen molar-refractivity contribution in [3.63, 3.8) is 0 Å². The second-order valence-corrected chi connectivity index (χ2v) is 1.85. The molecule has 0 spiro atoms. The standard InChI is InChI=1S/C6H9NO2/c7-6(8)4-5-2-1-3-9-5/h1-3,6,8H,4,7H2. The summed E-state index contributed by atoms with van der Waals surface area (Å²) in [7, 11) is 0. The van der Waals surface area contributed by atoms with Gasteiger partial charge in [0.1, 0.15) is 12.0 Å². The summed E-state index contributed by atoms with van der Waals surface area (Å²) < 4.78 is 4.90. The van der Waals surface area contributed by atoms with Crippen molar-refractivity contribution in [2.45, 2.75) is 12.6 Å². The van der Waals surface area contributed by atoms with Gasteiger partial charge < -0.3 is 15.3 Å². The Balaban J connectivity index is 2.48. The molecular formula is C6H9NO2. The maximum atomic E-state index is 8.64. The van der Waals surface area contributed by atoms with Crippen LogP contribution in [-0.4, -0.2) is 11.3 Å². The first-order valence-corrected chi connectivity index (χ1v) is 2.75. The van der Waals surface area contributed by atoms with E-state index in [4.69, 9.17) is 15.3 Å². The van der Waals surface area contributed by atoms with Crippen LogP contribution in [0, 0.1) is 0 Å². The molecule has 0 saturated carbocycles. The van der Waals surface area contributed by atoms with Gasteiger partial charge in [0.15, 0.2) is 0 Å². The molecule has 1 rings (SSSR count). The van der Waals surface area contributed by atoms with Gasteiger partial charge in [-0.1, -0.05) is 0 Å². The molecule has 0 aliphatic rings. The van der Waals surface area contributed by atoms with Gasteiger partial charge in [0.2, 0.25) is 0 Å². The van der Waals surface area contributed by atoms with Crippen molar-refractivity contribution >= 4 is 0 Å². The third-order valence-corrected chi connectivity index (χ3v) is 0.990. The van der Waals surface area contributed by atoms with Crippen LogP contribution in [0.25, 0.3) is 0 Å². The topological polar surface area (TPSA) is 59.4 Å². The molecule has 3 nitrogen and oxygen atoms in total. The lowest BCUT2D eigenvalue weighted by molar-refractivity contribution is 0.175. The maximum Gasteiger partial charge on any atom is 0.109 e. The predicted octanol–water partition coefficient (Wildman–Crippen LogP) is 0.0992. The lowest BCUT2D eigenvalue weighted by Gasteiger charge is -1.97. The van der Waals surface area contributed by atoms with E-state index < -0.39 is 6.23 Å². The van der Waals surface area contributed by atoms with Gasteiger partial charge >= 0.3 is 0 Å². The number of nitrogens with two attached hydrogens (primary N) is 1. The van der Waals surface area contributed by atoms with Crippen molar-refractivity contribution in [2.75, 3.05) is 0 Å². The highest BCUT2D eigenvalue weighted by atomic mass is 16.3. The normalized spacial score (nSPS) is 13.6. The molecule has 50 valence electrons. The Morgan fingerprint density at radius 2 is 2.56 bits per heavy atom. The van der Waals surface area contributed by atoms with Crippen molar-refractivity contribution in [3.8, 4) is 0 Å². The molecule has 1 unspecified atom stereocenters. The molecule has 1 aromatic heterocycles. The summed E-state index contributed by atoms with van der Waals surface area (Å²) >= 11 is 0. The molecule has 9 heavy (non-hydrogen) atoms. The summed E-state index contributed by atoms with van der Waals surface area (Å²) in [6.07, 6.45) is 1.13. The zero-order valence-corrected chi connectivity index (χ0v) is 4.95. The zero-order chi connectivity index (χ0) is 6.69. The smallest absolute Gasteiger partial charge is 0.109 e. The molecule has 0 fully saturated rings. The SMILES string of the molecule is NC(O)Cc1ccco1. The summed E-state index contributed by atoms with van der Waals surface area (Å²) in [6, 6.07) is 3.54. The lowest BCUT2D eigenvalue weighted by atomic mass is 10.3. The fraction of sp³-hybridized carbons (Fsp3) is 0.333. The quantitative estimate of drug-likeness (QED) is 0.554. The van der Waals surface area contributed by atoms with E-state index in [-0.39, 0.29) is 0 Å². The molecule has 3 N–H and O–H groups in total. The summed E-state index contributed by atoms with van der Waals surface area (Å²) in [4.78, 5) is 0. The summed E-state index contributed by atoms with van der Waals surface area (Å²) in [5.74, 6) is 0.713. The van der Waals surface area contributed by atoms with E-state index in [1.165, 1.54) is 0 Å². The van der Waals surface area contributed by atoms with Crippen LogP contribution in [0.15, 0.2) is 22.8 Å². The van der Waals surface area contributed by atoms with Crippen molar-refractivity contribution in [2.24, 2.45) is 5.73 Å². The number of hydrogen-bond donors (Lipinski definition) is 2. The molecule has 1 heterocycles. The van der Waals surface area contributed by atoms with Gasteiger partial charge in [0.25, 0.3) is 0 Å². The first-order valence-electron chi connectivity index (χ1n) is 2.75. The third kappa shape index (κ3) is 1.87. The van der Waals surface area contributed by atoms with E-state index in [0.717, 1.165) is 0 Å². The molecule has 0 aromatic carbocycles. The average molecular weight is 127 g/mol. The number of furan rings is 1. The maximum absolute atomic E-state index is 8.64. The van der Waals surface area contributed by atoms with Crippen LogP contribution < -0.4 is 5.73 Å². The van der Waals surface area contributed by atoms with Gasteiger partial charge in [0.05, 0.1) is 6.26 Å². The Morgan fingerprint density at radius 1 is 1.78 bits per heavy atom. The Morgan fingerprint density at radius 3 is 3.00 bits per heavy atom. The molecule has 0 aliphatic heterocycles. The Bertz CT molecular complexity index is 158. The predicted molar refractivity (Wildman–Crippen MR) is 32.6 cm³/mol. The van der Waals surface area contributed by atoms with Crippen LogP contribution >= 0.6 is 0 Å². The van der Waals surface area contributed by atoms with Crippen molar-refractivity contribution < 1.29 is 9.52 Å². The minimum Gasteiger partial charge on any atom is -0.469 e. The van der Waals surface area contributed by atoms with E-state index in [2.05, 4.69) is 0 Å². The minimum atomic E-state index is -0.809. The molecule has 0 saturated heterocycles. The fourth-order valence-corrected chi connectivity index (χ4v) is 0.635. The van der Waals surface area contributed by atoms with Crippen LogP contribution in [0.3, 0.4) is 0 Å². The van der Waals surface area contributed by atoms with Crippen molar-refractivity contribution in [3.05, 3.63) is 24.2 Å². The lowest BCUT2D eigenvalue weighted by Crippen LogP contribution is -2.20. The largest absolute Gasteiger partial charge is 0.469 e. The molecule has 1 aromatic rings. The van der Waals surface area contributed by atoms with Gasteiger partial charge in [0, 0.05) is 6.42 Å². The first kappa shape index (κ1) is 6.32. The zero-order valence-electron chi connectivity index (χ0n) is 4.95. The van der Waals surface area contributed by atoms with Gasteiger partial charge in [-0.2, -0.15) is 0 Å². The van der Waals surface area contributed by atoms with E-state index in [9.17, 15) is 0 Å². The molecule has 3 heteroatoms. The second kappa shape index (κ2) is 2.66. The summed E-state index contributed by atoms with van der Waals surface area (Å²) in [5.41, 5.74) is 5.08. The summed E-state index contributed by atoms with van der Waals surface area (Å²) in [6.45, 7) is 0. The van der Waals surface area contributed by atoms with Crippen molar-refractivity contribution in [1.82, 2.24) is 0 Å². The van der Waals surface area contributed by atoms with Crippen LogP contribution in [0.5, 0.6) is 0 Å². The molecule has 0 bridgehead atoms. The monoisotopic (exact) mass is 127 g/mol. The fourth-order valence-electron chi connectivity index (χ4n) is 0.635. The van der Waals surface area contributed by atoms with E-state index in [1.807, 2.05) is 0 Å². The Hall–Kier alpha value is -0.800. The second-order valence-electron chi connectivity index (χ2n) is 1.85. The van der Waals surface area contributed by atoms with Gasteiger partial charge in [-0.05, 0) is 12.1 Å². The van der Waals surface area contributed by atoms with Crippen LogP contribution in [0.1, 0.15) is 5.76 Å². The number of aliphatic hydroxyl groups is 1. The highest BCUT2D eigenvalue weighted by Gasteiger charge is 1.99. The molecule has 0 aliphatic carbocycles. The van der Waals surface area contributed by atoms with Crippen LogP contribution in [0.4, 0.5) is 0 Å². The first-order chi connectivity index (χ1) is 4.29. The van der Waals surface area contributed by atoms with Gasteiger partial charge in [-0.15, -0.1) is 0 Å². The van der Waals surface area contributed by atoms with Crippen LogP contribution in [-0.2, 0) is 6.42 Å². The highest BCUT2D eigenvalue weighted by Crippen LogP contribution is 2.00. The van der Waals surface area contributed by atoms with Crippen molar-refractivity contribution in [1.29, 1.82) is 0 Å². The highest BCUT2D eigenvalue weighted by molar-refractivity contribution is 4.98. The Kier molecular flexibility index (Phi) is 1.87. The average Bonchev–Trinajstić information content (AvgIpc) is 2.15. The summed E-state index contributed by atoms with van der Waals surface area (Å²) in [5, 5.41) is 8.64. The molecule has 0 radical (unpaired) electrons. The Labute approximate surface area is 53.1 Å². The third-order valence-electron chi connectivity index (χ3n) is 0.990. The molecule has 0 amide bonds. The van der Waals surface area contributed by atoms with Crippen LogP contribution in [0.2, 0.25) is 0 Å². The molecular weight excluding hydrogens is 118 g/mol. The van der Waals surface area contributed by atoms with E-state index >= 15 is 0 Å². The van der Waals surface area contributed by atoms with Gasteiger partial charge in [-0.25, -0.2) is 0 Å². The minimum absolute atomic E-state index is 0.382. The number of aliphatic hydroxyl groups excluding tert-OH is 1. The molecule has 1 atom stereocenters.